The predicted molar refractivity (Wildman–Crippen MR) is 73.5 cm³/mol. The maximum absolute atomic E-state index is 11.4. The monoisotopic (exact) mass is 271 g/mol. The molecule has 0 spiro atoms. The first kappa shape index (κ1) is 15.1. The number of nitrogens with zero attached hydrogens (tertiary/aromatic N) is 2. The molecule has 102 valence electrons. The highest BCUT2D eigenvalue weighted by molar-refractivity contribution is 7.14. The van der Waals surface area contributed by atoms with Crippen LogP contribution in [0.5, 0.6) is 0 Å². The minimum absolute atomic E-state index is 0.0114. The Hall–Kier alpha value is -0.980. The molecule has 0 aliphatic rings. The number of thiazole rings is 1. The minimum atomic E-state index is -0.228. The molecule has 0 fully saturated rings. The van der Waals surface area contributed by atoms with Crippen molar-refractivity contribution in [3.8, 4) is 0 Å². The van der Waals surface area contributed by atoms with E-state index in [9.17, 15) is 4.79 Å². The van der Waals surface area contributed by atoms with Crippen LogP contribution in [0.4, 0.5) is 5.13 Å². The Morgan fingerprint density at radius 1 is 1.56 bits per heavy atom. The molecule has 6 heteroatoms. The summed E-state index contributed by atoms with van der Waals surface area (Å²) in [6.07, 6.45) is 0. The molecule has 0 atom stereocenters. The summed E-state index contributed by atoms with van der Waals surface area (Å²) in [7, 11) is 0. The summed E-state index contributed by atoms with van der Waals surface area (Å²) in [4.78, 5) is 22.8. The van der Waals surface area contributed by atoms with Crippen molar-refractivity contribution in [2.75, 3.05) is 11.4 Å². The summed E-state index contributed by atoms with van der Waals surface area (Å²) in [5, 5.41) is 2.66. The SMILES string of the molecule is CCN(C(C)=O)c1nc(CNOC(C)(C)C)cs1. The van der Waals surface area contributed by atoms with Crippen LogP contribution in [0.25, 0.3) is 0 Å². The number of carbonyl (C=O) groups excluding carboxylic acids is 1. The Labute approximate surface area is 112 Å². The van der Waals surface area contributed by atoms with Gasteiger partial charge in [0.05, 0.1) is 17.8 Å². The van der Waals surface area contributed by atoms with Gasteiger partial charge in [0, 0.05) is 18.8 Å². The molecule has 1 amide bonds. The number of hydrogen-bond donors (Lipinski definition) is 1. The second kappa shape index (κ2) is 6.26. The van der Waals surface area contributed by atoms with E-state index in [0.29, 0.717) is 13.1 Å². The first-order chi connectivity index (χ1) is 8.33. The third kappa shape index (κ3) is 4.72. The zero-order chi connectivity index (χ0) is 13.8. The van der Waals surface area contributed by atoms with Crippen LogP contribution in [0.15, 0.2) is 5.38 Å². The van der Waals surface area contributed by atoms with Gasteiger partial charge in [0.1, 0.15) is 0 Å². The molecule has 1 aromatic rings. The normalized spacial score (nSPS) is 11.6. The molecule has 1 N–H and O–H groups in total. The molecular formula is C12H21N3O2S. The van der Waals surface area contributed by atoms with Crippen molar-refractivity contribution in [2.24, 2.45) is 0 Å². The number of nitrogens with one attached hydrogen (secondary N) is 1. The van der Waals surface area contributed by atoms with Gasteiger partial charge in [-0.1, -0.05) is 0 Å². The van der Waals surface area contributed by atoms with Gasteiger partial charge < -0.3 is 0 Å². The van der Waals surface area contributed by atoms with Crippen molar-refractivity contribution in [3.63, 3.8) is 0 Å². The third-order valence-electron chi connectivity index (χ3n) is 2.10. The zero-order valence-electron chi connectivity index (χ0n) is 11.6. The number of hydroxylamine groups is 1. The molecule has 0 aliphatic carbocycles. The van der Waals surface area contributed by atoms with E-state index in [-0.39, 0.29) is 11.5 Å². The fourth-order valence-electron chi connectivity index (χ4n) is 1.32. The number of carbonyl (C=O) groups is 1. The molecule has 0 saturated carbocycles. The van der Waals surface area contributed by atoms with Gasteiger partial charge in [-0.05, 0) is 27.7 Å². The van der Waals surface area contributed by atoms with E-state index in [2.05, 4.69) is 10.5 Å². The van der Waals surface area contributed by atoms with Crippen molar-refractivity contribution in [2.45, 2.75) is 46.8 Å². The second-order valence-electron chi connectivity index (χ2n) is 4.92. The van der Waals surface area contributed by atoms with E-state index in [1.165, 1.54) is 11.3 Å². The molecule has 1 aromatic heterocycles. The van der Waals surface area contributed by atoms with Crippen LogP contribution in [0, 0.1) is 0 Å². The maximum Gasteiger partial charge on any atom is 0.225 e. The van der Waals surface area contributed by atoms with E-state index in [0.717, 1.165) is 10.8 Å². The predicted octanol–water partition coefficient (Wildman–Crippen LogP) is 2.34. The van der Waals surface area contributed by atoms with Crippen molar-refractivity contribution in [1.82, 2.24) is 10.5 Å². The molecule has 0 aliphatic heterocycles. The molecule has 5 nitrogen and oxygen atoms in total. The van der Waals surface area contributed by atoms with Crippen LogP contribution >= 0.6 is 11.3 Å². The molecule has 0 unspecified atom stereocenters. The Bertz CT molecular complexity index is 398. The summed E-state index contributed by atoms with van der Waals surface area (Å²) in [6.45, 7) is 10.6. The summed E-state index contributed by atoms with van der Waals surface area (Å²) in [5.41, 5.74) is 3.53. The topological polar surface area (TPSA) is 54.5 Å². The molecule has 0 aromatic carbocycles. The second-order valence-corrected chi connectivity index (χ2v) is 5.76. The van der Waals surface area contributed by atoms with Crippen LogP contribution in [0.2, 0.25) is 0 Å². The maximum atomic E-state index is 11.4. The lowest BCUT2D eigenvalue weighted by atomic mass is 10.2. The Balaban J connectivity index is 2.55. The smallest absolute Gasteiger partial charge is 0.225 e. The largest absolute Gasteiger partial charge is 0.296 e. The standard InChI is InChI=1S/C12H21N3O2S/c1-6-15(9(2)16)11-14-10(8-18-11)7-13-17-12(3,4)5/h8,13H,6-7H2,1-5H3. The summed E-state index contributed by atoms with van der Waals surface area (Å²) in [6, 6.07) is 0. The average Bonchev–Trinajstić information content (AvgIpc) is 2.65. The Morgan fingerprint density at radius 2 is 2.22 bits per heavy atom. The van der Waals surface area contributed by atoms with Crippen molar-refractivity contribution >= 4 is 22.4 Å². The lowest BCUT2D eigenvalue weighted by Gasteiger charge is -2.18. The quantitative estimate of drug-likeness (QED) is 0.835. The lowest BCUT2D eigenvalue weighted by Crippen LogP contribution is -2.29. The summed E-state index contributed by atoms with van der Waals surface area (Å²) in [5.74, 6) is 0.0114. The highest BCUT2D eigenvalue weighted by Gasteiger charge is 2.14. The van der Waals surface area contributed by atoms with E-state index in [4.69, 9.17) is 4.84 Å². The number of anilines is 1. The van der Waals surface area contributed by atoms with Gasteiger partial charge in [-0.25, -0.2) is 4.98 Å². The van der Waals surface area contributed by atoms with Gasteiger partial charge in [0.2, 0.25) is 5.91 Å². The summed E-state index contributed by atoms with van der Waals surface area (Å²) >= 11 is 1.47. The first-order valence-electron chi connectivity index (χ1n) is 5.97. The van der Waals surface area contributed by atoms with Gasteiger partial charge >= 0.3 is 0 Å². The molecule has 18 heavy (non-hydrogen) atoms. The van der Waals surface area contributed by atoms with Crippen LogP contribution < -0.4 is 10.4 Å². The van der Waals surface area contributed by atoms with Crippen molar-refractivity contribution in [3.05, 3.63) is 11.1 Å². The van der Waals surface area contributed by atoms with Crippen molar-refractivity contribution < 1.29 is 9.63 Å². The van der Waals surface area contributed by atoms with E-state index in [1.807, 2.05) is 33.1 Å². The van der Waals surface area contributed by atoms with Gasteiger partial charge in [-0.15, -0.1) is 11.3 Å². The van der Waals surface area contributed by atoms with E-state index < -0.39 is 0 Å². The van der Waals surface area contributed by atoms with Gasteiger partial charge in [0.15, 0.2) is 5.13 Å². The lowest BCUT2D eigenvalue weighted by molar-refractivity contribution is -0.116. The third-order valence-corrected chi connectivity index (χ3v) is 3.01. The number of aromatic nitrogens is 1. The average molecular weight is 271 g/mol. The Kier molecular flexibility index (Phi) is 5.25. The molecule has 1 heterocycles. The fraction of sp³-hybridized carbons (Fsp3) is 0.667. The number of hydrogen-bond acceptors (Lipinski definition) is 5. The van der Waals surface area contributed by atoms with Gasteiger partial charge in [0.25, 0.3) is 0 Å². The van der Waals surface area contributed by atoms with E-state index in [1.54, 1.807) is 11.8 Å². The van der Waals surface area contributed by atoms with Crippen LogP contribution in [0.1, 0.15) is 40.3 Å². The van der Waals surface area contributed by atoms with E-state index >= 15 is 0 Å². The molecule has 0 bridgehead atoms. The highest BCUT2D eigenvalue weighted by atomic mass is 32.1. The Morgan fingerprint density at radius 3 is 2.72 bits per heavy atom. The number of rotatable bonds is 5. The van der Waals surface area contributed by atoms with Crippen LogP contribution in [0.3, 0.4) is 0 Å². The molecular weight excluding hydrogens is 250 g/mol. The molecule has 1 rings (SSSR count). The minimum Gasteiger partial charge on any atom is -0.296 e. The zero-order valence-corrected chi connectivity index (χ0v) is 12.4. The van der Waals surface area contributed by atoms with Crippen LogP contribution in [-0.2, 0) is 16.2 Å². The molecule has 0 radical (unpaired) electrons. The van der Waals surface area contributed by atoms with Gasteiger partial charge in [-0.3, -0.25) is 14.5 Å². The van der Waals surface area contributed by atoms with Crippen LogP contribution in [-0.4, -0.2) is 23.0 Å². The summed E-state index contributed by atoms with van der Waals surface area (Å²) < 4.78 is 0. The number of amides is 1. The van der Waals surface area contributed by atoms with Crippen molar-refractivity contribution in [1.29, 1.82) is 0 Å². The molecule has 0 saturated heterocycles. The highest BCUT2D eigenvalue weighted by Crippen LogP contribution is 2.20. The van der Waals surface area contributed by atoms with Gasteiger partial charge in [-0.2, -0.15) is 5.48 Å². The first-order valence-corrected chi connectivity index (χ1v) is 6.85. The fourth-order valence-corrected chi connectivity index (χ4v) is 2.25.